The van der Waals surface area contributed by atoms with E-state index in [9.17, 15) is 4.79 Å². The van der Waals surface area contributed by atoms with Crippen molar-refractivity contribution in [3.05, 3.63) is 42.0 Å². The van der Waals surface area contributed by atoms with Gasteiger partial charge in [-0.25, -0.2) is 0 Å². The molecule has 0 unspecified atom stereocenters. The average Bonchev–Trinajstić information content (AvgIpc) is 3.10. The van der Waals surface area contributed by atoms with Gasteiger partial charge in [0.1, 0.15) is 5.69 Å². The van der Waals surface area contributed by atoms with Crippen LogP contribution in [-0.4, -0.2) is 38.2 Å². The van der Waals surface area contributed by atoms with Crippen LogP contribution in [0.25, 0.3) is 0 Å². The van der Waals surface area contributed by atoms with Crippen LogP contribution < -0.4 is 0 Å². The minimum atomic E-state index is 0.101. The van der Waals surface area contributed by atoms with Gasteiger partial charge in [0.25, 0.3) is 5.91 Å². The van der Waals surface area contributed by atoms with Crippen LogP contribution in [0.15, 0.2) is 30.7 Å². The summed E-state index contributed by atoms with van der Waals surface area (Å²) in [6.45, 7) is 3.65. The van der Waals surface area contributed by atoms with E-state index < -0.39 is 0 Å². The second-order valence-corrected chi connectivity index (χ2v) is 5.47. The van der Waals surface area contributed by atoms with Gasteiger partial charge in [-0.2, -0.15) is 5.10 Å². The number of aryl methyl sites for hydroxylation is 1. The summed E-state index contributed by atoms with van der Waals surface area (Å²) in [5, 5.41) is 4.34. The highest BCUT2D eigenvalue weighted by Crippen LogP contribution is 2.20. The van der Waals surface area contributed by atoms with Gasteiger partial charge in [0, 0.05) is 18.9 Å². The van der Waals surface area contributed by atoms with Gasteiger partial charge < -0.3 is 9.88 Å². The smallest absolute Gasteiger partial charge is 0.270 e. The van der Waals surface area contributed by atoms with Crippen molar-refractivity contribution in [2.24, 2.45) is 0 Å². The van der Waals surface area contributed by atoms with Gasteiger partial charge in [-0.1, -0.05) is 0 Å². The van der Waals surface area contributed by atoms with E-state index in [1.54, 1.807) is 6.20 Å². The molecule has 1 N–H and O–H groups in total. The first-order chi connectivity index (χ1) is 9.74. The Hall–Kier alpha value is -2.04. The maximum absolute atomic E-state index is 12.5. The van der Waals surface area contributed by atoms with Crippen molar-refractivity contribution in [1.29, 1.82) is 0 Å². The van der Waals surface area contributed by atoms with Crippen LogP contribution in [0.4, 0.5) is 0 Å². The van der Waals surface area contributed by atoms with Crippen molar-refractivity contribution in [3.8, 4) is 0 Å². The van der Waals surface area contributed by atoms with E-state index in [1.165, 1.54) is 6.42 Å². The number of hydrogen-bond acceptors (Lipinski definition) is 2. The largest absolute Gasteiger partial charge is 0.357 e. The molecule has 0 bridgehead atoms. The summed E-state index contributed by atoms with van der Waals surface area (Å²) >= 11 is 0. The monoisotopic (exact) mass is 272 g/mol. The van der Waals surface area contributed by atoms with Gasteiger partial charge in [0.15, 0.2) is 0 Å². The Morgan fingerprint density at radius 1 is 1.50 bits per heavy atom. The number of hydrogen-bond donors (Lipinski definition) is 1. The minimum absolute atomic E-state index is 0.101. The predicted molar refractivity (Wildman–Crippen MR) is 76.4 cm³/mol. The molecule has 1 aliphatic heterocycles. The number of carbonyl (C=O) groups excluding carboxylic acids is 1. The minimum Gasteiger partial charge on any atom is -0.357 e. The van der Waals surface area contributed by atoms with E-state index in [-0.39, 0.29) is 11.9 Å². The molecule has 0 saturated carbocycles. The van der Waals surface area contributed by atoms with Crippen LogP contribution >= 0.6 is 0 Å². The Balaban J connectivity index is 1.75. The number of H-pyrrole nitrogens is 1. The number of aromatic amines is 1. The molecule has 2 aromatic heterocycles. The number of likely N-dealkylation sites (tertiary alicyclic amines) is 1. The Bertz CT molecular complexity index is 572. The van der Waals surface area contributed by atoms with E-state index in [4.69, 9.17) is 0 Å². The van der Waals surface area contributed by atoms with E-state index in [1.807, 2.05) is 41.0 Å². The van der Waals surface area contributed by atoms with Crippen LogP contribution in [0.2, 0.25) is 0 Å². The van der Waals surface area contributed by atoms with Crippen LogP contribution in [-0.2, 0) is 6.54 Å². The van der Waals surface area contributed by atoms with Crippen LogP contribution in [0.1, 0.15) is 35.3 Å². The van der Waals surface area contributed by atoms with Gasteiger partial charge in [0.2, 0.25) is 0 Å². The summed E-state index contributed by atoms with van der Waals surface area (Å²) < 4.78 is 1.94. The second-order valence-electron chi connectivity index (χ2n) is 5.47. The molecule has 5 heteroatoms. The SMILES string of the molecule is Cc1cnn(C[C@H]2CCCCN2C(=O)c2ccc[nH]2)c1. The van der Waals surface area contributed by atoms with Crippen molar-refractivity contribution in [3.63, 3.8) is 0 Å². The molecule has 1 fully saturated rings. The molecule has 1 saturated heterocycles. The maximum atomic E-state index is 12.5. The lowest BCUT2D eigenvalue weighted by Gasteiger charge is -2.35. The van der Waals surface area contributed by atoms with Crippen molar-refractivity contribution < 1.29 is 4.79 Å². The number of amides is 1. The fourth-order valence-electron chi connectivity index (χ4n) is 2.86. The topological polar surface area (TPSA) is 53.9 Å². The molecule has 106 valence electrons. The highest BCUT2D eigenvalue weighted by atomic mass is 16.2. The van der Waals surface area contributed by atoms with Crippen LogP contribution in [0.3, 0.4) is 0 Å². The molecular weight excluding hydrogens is 252 g/mol. The summed E-state index contributed by atoms with van der Waals surface area (Å²) in [7, 11) is 0. The molecule has 2 aromatic rings. The van der Waals surface area contributed by atoms with Crippen molar-refractivity contribution in [2.75, 3.05) is 6.54 Å². The quantitative estimate of drug-likeness (QED) is 0.931. The number of nitrogens with zero attached hydrogens (tertiary/aromatic N) is 3. The number of nitrogens with one attached hydrogen (secondary N) is 1. The fourth-order valence-corrected chi connectivity index (χ4v) is 2.86. The molecule has 20 heavy (non-hydrogen) atoms. The predicted octanol–water partition coefficient (Wildman–Crippen LogP) is 2.21. The van der Waals surface area contributed by atoms with Crippen molar-refractivity contribution >= 4 is 5.91 Å². The average molecular weight is 272 g/mol. The lowest BCUT2D eigenvalue weighted by atomic mass is 10.0. The third-order valence-electron chi connectivity index (χ3n) is 3.88. The van der Waals surface area contributed by atoms with E-state index in [0.29, 0.717) is 5.69 Å². The third kappa shape index (κ3) is 2.61. The van der Waals surface area contributed by atoms with Crippen molar-refractivity contribution in [2.45, 2.75) is 38.8 Å². The Morgan fingerprint density at radius 3 is 3.10 bits per heavy atom. The van der Waals surface area contributed by atoms with E-state index >= 15 is 0 Å². The third-order valence-corrected chi connectivity index (χ3v) is 3.88. The summed E-state index contributed by atoms with van der Waals surface area (Å²) in [4.78, 5) is 17.5. The Kier molecular flexibility index (Phi) is 3.58. The molecule has 5 nitrogen and oxygen atoms in total. The first-order valence-corrected chi connectivity index (χ1v) is 7.17. The molecule has 3 heterocycles. The Morgan fingerprint density at radius 2 is 2.40 bits per heavy atom. The fraction of sp³-hybridized carbons (Fsp3) is 0.467. The second kappa shape index (κ2) is 5.53. The molecular formula is C15H20N4O. The molecule has 1 amide bonds. The number of piperidine rings is 1. The van der Waals surface area contributed by atoms with Crippen LogP contribution in [0, 0.1) is 6.92 Å². The Labute approximate surface area is 118 Å². The van der Waals surface area contributed by atoms with Crippen LogP contribution in [0.5, 0.6) is 0 Å². The molecule has 0 radical (unpaired) electrons. The highest BCUT2D eigenvalue weighted by molar-refractivity contribution is 5.92. The maximum Gasteiger partial charge on any atom is 0.270 e. The highest BCUT2D eigenvalue weighted by Gasteiger charge is 2.28. The first-order valence-electron chi connectivity index (χ1n) is 7.17. The number of aromatic nitrogens is 3. The van der Waals surface area contributed by atoms with Gasteiger partial charge in [-0.15, -0.1) is 0 Å². The standard InChI is InChI=1S/C15H20N4O/c1-12-9-17-18(10-12)11-13-5-2-3-8-19(13)15(20)14-6-4-7-16-14/h4,6-7,9-10,13,16H,2-3,5,8,11H2,1H3/t13-/m1/s1. The molecule has 1 atom stereocenters. The van der Waals surface area contributed by atoms with Gasteiger partial charge >= 0.3 is 0 Å². The lowest BCUT2D eigenvalue weighted by Crippen LogP contribution is -2.46. The number of carbonyl (C=O) groups is 1. The zero-order chi connectivity index (χ0) is 13.9. The zero-order valence-electron chi connectivity index (χ0n) is 11.7. The first kappa shape index (κ1) is 13.0. The summed E-state index contributed by atoms with van der Waals surface area (Å²) in [6.07, 6.45) is 9.00. The molecule has 3 rings (SSSR count). The number of rotatable bonds is 3. The summed E-state index contributed by atoms with van der Waals surface area (Å²) in [5.41, 5.74) is 1.83. The molecule has 1 aliphatic rings. The summed E-state index contributed by atoms with van der Waals surface area (Å²) in [6, 6.07) is 3.94. The van der Waals surface area contributed by atoms with Gasteiger partial charge in [-0.05, 0) is 43.9 Å². The molecule has 0 aliphatic carbocycles. The van der Waals surface area contributed by atoms with Gasteiger partial charge in [-0.3, -0.25) is 9.48 Å². The van der Waals surface area contributed by atoms with E-state index in [0.717, 1.165) is 31.5 Å². The zero-order valence-corrected chi connectivity index (χ0v) is 11.7. The lowest BCUT2D eigenvalue weighted by molar-refractivity contribution is 0.0578. The molecule has 0 spiro atoms. The molecule has 0 aromatic carbocycles. The van der Waals surface area contributed by atoms with Crippen molar-refractivity contribution in [1.82, 2.24) is 19.7 Å². The van der Waals surface area contributed by atoms with E-state index in [2.05, 4.69) is 10.1 Å². The summed E-state index contributed by atoms with van der Waals surface area (Å²) in [5.74, 6) is 0.101. The van der Waals surface area contributed by atoms with Gasteiger partial charge in [0.05, 0.1) is 18.8 Å². The normalized spacial score (nSPS) is 19.2.